The molecule has 10 heteroatoms. The maximum Gasteiger partial charge on any atom is 0.253 e. The van der Waals surface area contributed by atoms with Crippen molar-refractivity contribution in [1.29, 1.82) is 0 Å². The maximum absolute atomic E-state index is 13.5. The molecule has 0 unspecified atom stereocenters. The quantitative estimate of drug-likeness (QED) is 0.369. The van der Waals surface area contributed by atoms with Gasteiger partial charge in [-0.3, -0.25) is 9.69 Å². The SMILES string of the molecule is Cc1cc2cc([C@H](c3nnnn3Cc3ccco3)N3CCN(c4ccc(F)cc4)CC3)c(=O)[nH]c2cc1C. The van der Waals surface area contributed by atoms with Crippen molar-refractivity contribution in [2.45, 2.75) is 26.4 Å². The van der Waals surface area contributed by atoms with Crippen LogP contribution in [0.25, 0.3) is 10.9 Å². The molecule has 0 aliphatic carbocycles. The van der Waals surface area contributed by atoms with Crippen molar-refractivity contribution in [2.24, 2.45) is 0 Å². The summed E-state index contributed by atoms with van der Waals surface area (Å²) in [5.41, 5.74) is 4.47. The number of benzene rings is 2. The number of pyridine rings is 1. The van der Waals surface area contributed by atoms with Gasteiger partial charge in [0, 0.05) is 42.9 Å². The van der Waals surface area contributed by atoms with Crippen molar-refractivity contribution in [1.82, 2.24) is 30.1 Å². The molecule has 0 radical (unpaired) electrons. The fourth-order valence-corrected chi connectivity index (χ4v) is 5.16. The summed E-state index contributed by atoms with van der Waals surface area (Å²) >= 11 is 0. The van der Waals surface area contributed by atoms with Gasteiger partial charge in [0.15, 0.2) is 5.82 Å². The third-order valence-electron chi connectivity index (χ3n) is 7.34. The smallest absolute Gasteiger partial charge is 0.253 e. The van der Waals surface area contributed by atoms with Gasteiger partial charge >= 0.3 is 0 Å². The highest BCUT2D eigenvalue weighted by Gasteiger charge is 2.33. The number of anilines is 1. The first-order valence-electron chi connectivity index (χ1n) is 12.6. The molecule has 1 aliphatic rings. The summed E-state index contributed by atoms with van der Waals surface area (Å²) in [6, 6.07) is 15.8. The predicted molar refractivity (Wildman–Crippen MR) is 142 cm³/mol. The number of aromatic nitrogens is 5. The van der Waals surface area contributed by atoms with Crippen LogP contribution in [0.4, 0.5) is 10.1 Å². The van der Waals surface area contributed by atoms with Crippen LogP contribution in [0.1, 0.15) is 34.3 Å². The monoisotopic (exact) mass is 513 g/mol. The summed E-state index contributed by atoms with van der Waals surface area (Å²) < 4.78 is 20.7. The maximum atomic E-state index is 13.5. The van der Waals surface area contributed by atoms with Crippen LogP contribution in [-0.2, 0) is 6.54 Å². The molecular weight excluding hydrogens is 485 g/mol. The second-order valence-corrected chi connectivity index (χ2v) is 9.75. The predicted octanol–water partition coefficient (Wildman–Crippen LogP) is 3.82. The number of rotatable bonds is 6. The van der Waals surface area contributed by atoms with E-state index in [0.29, 0.717) is 44.1 Å². The molecular formula is C28H28FN7O2. The lowest BCUT2D eigenvalue weighted by Crippen LogP contribution is -2.49. The minimum Gasteiger partial charge on any atom is -0.467 e. The van der Waals surface area contributed by atoms with E-state index in [-0.39, 0.29) is 11.4 Å². The van der Waals surface area contributed by atoms with E-state index in [1.807, 2.05) is 31.2 Å². The number of piperazine rings is 1. The Kier molecular flexibility index (Phi) is 6.24. The molecule has 2 aromatic carbocycles. The van der Waals surface area contributed by atoms with E-state index in [1.165, 1.54) is 12.1 Å². The minimum atomic E-state index is -0.468. The van der Waals surface area contributed by atoms with E-state index in [4.69, 9.17) is 4.42 Å². The fraction of sp³-hybridized carbons (Fsp3) is 0.286. The fourth-order valence-electron chi connectivity index (χ4n) is 5.16. The molecule has 0 spiro atoms. The van der Waals surface area contributed by atoms with Gasteiger partial charge in [0.25, 0.3) is 5.56 Å². The Morgan fingerprint density at radius 1 is 1.03 bits per heavy atom. The lowest BCUT2D eigenvalue weighted by Gasteiger charge is -2.39. The number of hydrogen-bond acceptors (Lipinski definition) is 7. The van der Waals surface area contributed by atoms with Gasteiger partial charge in [0.05, 0.1) is 6.26 Å². The molecule has 38 heavy (non-hydrogen) atoms. The van der Waals surface area contributed by atoms with E-state index in [2.05, 4.69) is 43.3 Å². The van der Waals surface area contributed by atoms with E-state index in [0.717, 1.165) is 33.5 Å². The van der Waals surface area contributed by atoms with Crippen molar-refractivity contribution in [2.75, 3.05) is 31.1 Å². The van der Waals surface area contributed by atoms with Crippen molar-refractivity contribution in [3.05, 3.63) is 105 Å². The van der Waals surface area contributed by atoms with E-state index < -0.39 is 6.04 Å². The second-order valence-electron chi connectivity index (χ2n) is 9.75. The number of fused-ring (bicyclic) bond motifs is 1. The Morgan fingerprint density at radius 2 is 1.79 bits per heavy atom. The van der Waals surface area contributed by atoms with Crippen LogP contribution in [0.3, 0.4) is 0 Å². The van der Waals surface area contributed by atoms with E-state index in [9.17, 15) is 9.18 Å². The minimum absolute atomic E-state index is 0.167. The number of nitrogens with one attached hydrogen (secondary N) is 1. The van der Waals surface area contributed by atoms with Crippen molar-refractivity contribution in [3.8, 4) is 0 Å². The van der Waals surface area contributed by atoms with Crippen molar-refractivity contribution < 1.29 is 8.81 Å². The van der Waals surface area contributed by atoms with Gasteiger partial charge in [-0.05, 0) is 95.4 Å². The average molecular weight is 514 g/mol. The van der Waals surface area contributed by atoms with Crippen LogP contribution < -0.4 is 10.5 Å². The van der Waals surface area contributed by atoms with Crippen LogP contribution >= 0.6 is 0 Å². The number of hydrogen-bond donors (Lipinski definition) is 1. The van der Waals surface area contributed by atoms with Gasteiger partial charge in [-0.2, -0.15) is 0 Å². The number of tetrazole rings is 1. The molecule has 1 atom stereocenters. The standard InChI is InChI=1S/C28H28FN7O2/c1-18-14-20-16-24(28(37)30-25(20)15-19(18)2)26(27-31-32-33-36(27)17-23-4-3-13-38-23)35-11-9-34(10-12-35)22-7-5-21(29)6-8-22/h3-8,13-16,26H,9-12,17H2,1-2H3,(H,30,37)/t26-/m1/s1. The molecule has 1 aliphatic heterocycles. The molecule has 0 amide bonds. The number of aryl methyl sites for hydroxylation is 2. The Hall–Kier alpha value is -4.31. The third-order valence-corrected chi connectivity index (χ3v) is 7.34. The number of halogens is 1. The summed E-state index contributed by atoms with van der Waals surface area (Å²) in [4.78, 5) is 21.1. The van der Waals surface area contributed by atoms with Crippen LogP contribution in [0.2, 0.25) is 0 Å². The molecule has 1 saturated heterocycles. The number of nitrogens with zero attached hydrogens (tertiary/aromatic N) is 6. The summed E-state index contributed by atoms with van der Waals surface area (Å²) in [6.45, 7) is 7.21. The van der Waals surface area contributed by atoms with Crippen LogP contribution in [0, 0.1) is 19.7 Å². The van der Waals surface area contributed by atoms with Gasteiger partial charge in [-0.15, -0.1) is 5.10 Å². The highest BCUT2D eigenvalue weighted by atomic mass is 19.1. The molecule has 9 nitrogen and oxygen atoms in total. The molecule has 4 heterocycles. The summed E-state index contributed by atoms with van der Waals surface area (Å²) in [7, 11) is 0. The summed E-state index contributed by atoms with van der Waals surface area (Å²) in [5.74, 6) is 1.04. The first-order chi connectivity index (χ1) is 18.5. The lowest BCUT2D eigenvalue weighted by molar-refractivity contribution is 0.200. The summed E-state index contributed by atoms with van der Waals surface area (Å²) in [5, 5.41) is 13.6. The van der Waals surface area contributed by atoms with E-state index in [1.54, 1.807) is 23.1 Å². The van der Waals surface area contributed by atoms with Gasteiger partial charge < -0.3 is 14.3 Å². The Morgan fingerprint density at radius 3 is 2.53 bits per heavy atom. The van der Waals surface area contributed by atoms with Crippen LogP contribution in [0.15, 0.2) is 70.1 Å². The lowest BCUT2D eigenvalue weighted by atomic mass is 10.00. The highest BCUT2D eigenvalue weighted by molar-refractivity contribution is 5.81. The zero-order chi connectivity index (χ0) is 26.2. The van der Waals surface area contributed by atoms with Gasteiger partial charge in [-0.1, -0.05) is 0 Å². The number of furan rings is 1. The molecule has 3 aromatic heterocycles. The Bertz CT molecular complexity index is 1620. The zero-order valence-corrected chi connectivity index (χ0v) is 21.3. The molecule has 1 N–H and O–H groups in total. The molecule has 6 rings (SSSR count). The van der Waals surface area contributed by atoms with Gasteiger partial charge in [0.1, 0.15) is 24.2 Å². The van der Waals surface area contributed by atoms with Gasteiger partial charge in [-0.25, -0.2) is 9.07 Å². The molecule has 1 fully saturated rings. The molecule has 0 bridgehead atoms. The van der Waals surface area contributed by atoms with Crippen LogP contribution in [0.5, 0.6) is 0 Å². The molecule has 0 saturated carbocycles. The zero-order valence-electron chi connectivity index (χ0n) is 21.3. The normalized spacial score (nSPS) is 15.3. The first kappa shape index (κ1) is 24.1. The van der Waals surface area contributed by atoms with Crippen molar-refractivity contribution >= 4 is 16.6 Å². The van der Waals surface area contributed by atoms with E-state index >= 15 is 0 Å². The summed E-state index contributed by atoms with van der Waals surface area (Å²) in [6.07, 6.45) is 1.61. The number of aromatic amines is 1. The molecule has 5 aromatic rings. The number of H-pyrrole nitrogens is 1. The van der Waals surface area contributed by atoms with Crippen LogP contribution in [-0.4, -0.2) is 56.3 Å². The Labute approximate surface area is 218 Å². The highest BCUT2D eigenvalue weighted by Crippen LogP contribution is 2.30. The van der Waals surface area contributed by atoms with Crippen molar-refractivity contribution in [3.63, 3.8) is 0 Å². The first-order valence-corrected chi connectivity index (χ1v) is 12.6. The average Bonchev–Trinajstić information content (AvgIpc) is 3.60. The molecule has 194 valence electrons. The topological polar surface area (TPSA) is 96.1 Å². The second kappa shape index (κ2) is 9.86. The third kappa shape index (κ3) is 4.58. The Balaban J connectivity index is 1.39. The largest absolute Gasteiger partial charge is 0.467 e. The van der Waals surface area contributed by atoms with Gasteiger partial charge in [0.2, 0.25) is 0 Å².